The van der Waals surface area contributed by atoms with E-state index in [0.717, 1.165) is 18.4 Å². The molecule has 0 saturated heterocycles. The number of rotatable bonds is 4. The van der Waals surface area contributed by atoms with Crippen LogP contribution in [0.3, 0.4) is 0 Å². The van der Waals surface area contributed by atoms with Crippen molar-refractivity contribution in [2.45, 2.75) is 38.6 Å². The highest BCUT2D eigenvalue weighted by molar-refractivity contribution is 5.54. The Bertz CT molecular complexity index is 332. The highest BCUT2D eigenvalue weighted by Crippen LogP contribution is 2.27. The number of nitrogens with one attached hydrogen (secondary N) is 1. The summed E-state index contributed by atoms with van der Waals surface area (Å²) in [6, 6.07) is 4.96. The van der Waals surface area contributed by atoms with E-state index in [2.05, 4.69) is 41.3 Å². The lowest BCUT2D eigenvalue weighted by molar-refractivity contribution is 0.653. The fourth-order valence-corrected chi connectivity index (χ4v) is 2.42. The van der Waals surface area contributed by atoms with Crippen LogP contribution in [0.1, 0.15) is 32.6 Å². The lowest BCUT2D eigenvalue weighted by atomic mass is 10.2. The molecule has 0 atom stereocenters. The van der Waals surface area contributed by atoms with E-state index >= 15 is 0 Å². The van der Waals surface area contributed by atoms with Crippen molar-refractivity contribution >= 4 is 11.5 Å². The van der Waals surface area contributed by atoms with Gasteiger partial charge in [-0.2, -0.15) is 0 Å². The molecule has 3 heteroatoms. The molecule has 1 fully saturated rings. The van der Waals surface area contributed by atoms with Crippen molar-refractivity contribution in [1.29, 1.82) is 0 Å². The highest BCUT2D eigenvalue weighted by Gasteiger charge is 2.19. The van der Waals surface area contributed by atoms with Crippen molar-refractivity contribution in [3.05, 3.63) is 18.3 Å². The lowest BCUT2D eigenvalue weighted by Crippen LogP contribution is -2.28. The first kappa shape index (κ1) is 11.2. The molecule has 0 unspecified atom stereocenters. The maximum absolute atomic E-state index is 4.30. The molecular formula is C13H21N3. The molecule has 1 heterocycles. The summed E-state index contributed by atoms with van der Waals surface area (Å²) in [5.41, 5.74) is 1.28. The molecule has 1 aliphatic carbocycles. The molecule has 0 amide bonds. The van der Waals surface area contributed by atoms with E-state index in [-0.39, 0.29) is 0 Å². The van der Waals surface area contributed by atoms with Crippen LogP contribution in [-0.4, -0.2) is 24.6 Å². The normalized spacial score (nSPS) is 16.4. The second-order valence-corrected chi connectivity index (χ2v) is 4.48. The third-order valence-corrected chi connectivity index (χ3v) is 3.38. The van der Waals surface area contributed by atoms with E-state index in [9.17, 15) is 0 Å². The molecule has 1 aliphatic rings. The van der Waals surface area contributed by atoms with E-state index in [1.807, 2.05) is 6.20 Å². The van der Waals surface area contributed by atoms with Crippen LogP contribution in [0.4, 0.5) is 11.5 Å². The minimum Gasteiger partial charge on any atom is -0.371 e. The van der Waals surface area contributed by atoms with Crippen LogP contribution in [0.25, 0.3) is 0 Å². The Hall–Kier alpha value is -1.25. The predicted octanol–water partition coefficient (Wildman–Crippen LogP) is 2.89. The average Bonchev–Trinajstić information content (AvgIpc) is 2.82. The molecule has 1 aromatic heterocycles. The number of hydrogen-bond acceptors (Lipinski definition) is 3. The molecule has 3 nitrogen and oxygen atoms in total. The van der Waals surface area contributed by atoms with Crippen molar-refractivity contribution in [3.8, 4) is 0 Å². The van der Waals surface area contributed by atoms with Crippen molar-refractivity contribution < 1.29 is 0 Å². The third kappa shape index (κ3) is 2.46. The molecule has 0 aliphatic heterocycles. The summed E-state index contributed by atoms with van der Waals surface area (Å²) in [5, 5.41) is 3.26. The quantitative estimate of drug-likeness (QED) is 0.844. The van der Waals surface area contributed by atoms with E-state index in [4.69, 9.17) is 0 Å². The SMILES string of the molecule is CCNc1cc(N(C)C2CCCC2)ccn1. The second kappa shape index (κ2) is 5.19. The van der Waals surface area contributed by atoms with Crippen LogP contribution < -0.4 is 10.2 Å². The molecule has 1 aromatic rings. The molecule has 16 heavy (non-hydrogen) atoms. The molecule has 0 radical (unpaired) electrons. The van der Waals surface area contributed by atoms with Gasteiger partial charge in [-0.25, -0.2) is 4.98 Å². The largest absolute Gasteiger partial charge is 0.371 e. The van der Waals surface area contributed by atoms with Gasteiger partial charge in [-0.1, -0.05) is 12.8 Å². The van der Waals surface area contributed by atoms with Crippen LogP contribution in [-0.2, 0) is 0 Å². The summed E-state index contributed by atoms with van der Waals surface area (Å²) >= 11 is 0. The van der Waals surface area contributed by atoms with Crippen LogP contribution in [0.5, 0.6) is 0 Å². The van der Waals surface area contributed by atoms with Crippen molar-refractivity contribution in [2.75, 3.05) is 23.8 Å². The Kier molecular flexibility index (Phi) is 3.65. The zero-order valence-corrected chi connectivity index (χ0v) is 10.2. The minimum absolute atomic E-state index is 0.719. The van der Waals surface area contributed by atoms with Crippen LogP contribution in [0.2, 0.25) is 0 Å². The van der Waals surface area contributed by atoms with Gasteiger partial charge in [-0.05, 0) is 25.8 Å². The summed E-state index contributed by atoms with van der Waals surface area (Å²) in [6.45, 7) is 3.01. The van der Waals surface area contributed by atoms with Gasteiger partial charge in [0.05, 0.1) is 0 Å². The van der Waals surface area contributed by atoms with Gasteiger partial charge in [0, 0.05) is 37.6 Å². The van der Waals surface area contributed by atoms with E-state index in [0.29, 0.717) is 0 Å². The highest BCUT2D eigenvalue weighted by atomic mass is 15.1. The Balaban J connectivity index is 2.09. The van der Waals surface area contributed by atoms with Crippen molar-refractivity contribution in [2.24, 2.45) is 0 Å². The zero-order valence-electron chi connectivity index (χ0n) is 10.2. The fourth-order valence-electron chi connectivity index (χ4n) is 2.42. The number of aromatic nitrogens is 1. The summed E-state index contributed by atoms with van der Waals surface area (Å²) in [5.74, 6) is 0.977. The van der Waals surface area contributed by atoms with Gasteiger partial charge in [-0.3, -0.25) is 0 Å². The van der Waals surface area contributed by atoms with Gasteiger partial charge in [0.25, 0.3) is 0 Å². The molecule has 1 N–H and O–H groups in total. The van der Waals surface area contributed by atoms with Gasteiger partial charge in [0.1, 0.15) is 5.82 Å². The van der Waals surface area contributed by atoms with Gasteiger partial charge in [0.2, 0.25) is 0 Å². The van der Waals surface area contributed by atoms with E-state index < -0.39 is 0 Å². The Morgan fingerprint density at radius 1 is 1.44 bits per heavy atom. The van der Waals surface area contributed by atoms with Crippen LogP contribution in [0.15, 0.2) is 18.3 Å². The maximum Gasteiger partial charge on any atom is 0.127 e. The third-order valence-electron chi connectivity index (χ3n) is 3.38. The zero-order chi connectivity index (χ0) is 11.4. The maximum atomic E-state index is 4.30. The molecule has 0 spiro atoms. The minimum atomic E-state index is 0.719. The number of nitrogens with zero attached hydrogens (tertiary/aromatic N) is 2. The summed E-state index contributed by atoms with van der Waals surface area (Å²) in [7, 11) is 2.20. The van der Waals surface area contributed by atoms with E-state index in [1.54, 1.807) is 0 Å². The Morgan fingerprint density at radius 3 is 2.88 bits per heavy atom. The number of anilines is 2. The number of hydrogen-bond donors (Lipinski definition) is 1. The Morgan fingerprint density at radius 2 is 2.19 bits per heavy atom. The summed E-state index contributed by atoms with van der Waals surface area (Å²) < 4.78 is 0. The van der Waals surface area contributed by atoms with Crippen LogP contribution in [0, 0.1) is 0 Å². The summed E-state index contributed by atoms with van der Waals surface area (Å²) in [6.07, 6.45) is 7.30. The standard InChI is InChI=1S/C13H21N3/c1-3-14-13-10-12(8-9-15-13)16(2)11-6-4-5-7-11/h8-11H,3-7H2,1-2H3,(H,14,15). The molecular weight excluding hydrogens is 198 g/mol. The number of pyridine rings is 1. The Labute approximate surface area is 97.9 Å². The monoisotopic (exact) mass is 219 g/mol. The van der Waals surface area contributed by atoms with Crippen molar-refractivity contribution in [1.82, 2.24) is 4.98 Å². The molecule has 1 saturated carbocycles. The second-order valence-electron chi connectivity index (χ2n) is 4.48. The first-order valence-corrected chi connectivity index (χ1v) is 6.24. The first-order valence-electron chi connectivity index (χ1n) is 6.24. The predicted molar refractivity (Wildman–Crippen MR) is 69.1 cm³/mol. The van der Waals surface area contributed by atoms with Gasteiger partial charge in [-0.15, -0.1) is 0 Å². The molecule has 0 bridgehead atoms. The molecule has 0 aromatic carbocycles. The van der Waals surface area contributed by atoms with Gasteiger partial charge in [0.15, 0.2) is 0 Å². The van der Waals surface area contributed by atoms with E-state index in [1.165, 1.54) is 31.4 Å². The fraction of sp³-hybridized carbons (Fsp3) is 0.615. The average molecular weight is 219 g/mol. The smallest absolute Gasteiger partial charge is 0.127 e. The molecule has 2 rings (SSSR count). The lowest BCUT2D eigenvalue weighted by Gasteiger charge is -2.26. The first-order chi connectivity index (χ1) is 7.81. The van der Waals surface area contributed by atoms with Crippen molar-refractivity contribution in [3.63, 3.8) is 0 Å². The topological polar surface area (TPSA) is 28.2 Å². The molecule has 88 valence electrons. The summed E-state index contributed by atoms with van der Waals surface area (Å²) in [4.78, 5) is 6.70. The van der Waals surface area contributed by atoms with Gasteiger partial charge < -0.3 is 10.2 Å². The van der Waals surface area contributed by atoms with Gasteiger partial charge >= 0.3 is 0 Å². The van der Waals surface area contributed by atoms with Crippen LogP contribution >= 0.6 is 0 Å².